The number of hydrogen-bond donors (Lipinski definition) is 2. The van der Waals surface area contributed by atoms with Crippen LogP contribution in [0.2, 0.25) is 0 Å². The third kappa shape index (κ3) is 2.37. The van der Waals surface area contributed by atoms with Gasteiger partial charge in [-0.25, -0.2) is 0 Å². The van der Waals surface area contributed by atoms with Crippen LogP contribution in [0.5, 0.6) is 0 Å². The molecule has 1 aliphatic rings. The summed E-state index contributed by atoms with van der Waals surface area (Å²) in [6.07, 6.45) is 1.19. The van der Waals surface area contributed by atoms with E-state index in [9.17, 15) is 0 Å². The second-order valence-electron chi connectivity index (χ2n) is 5.59. The molecule has 2 aromatic rings. The first-order chi connectivity index (χ1) is 9.74. The fourth-order valence-corrected chi connectivity index (χ4v) is 3.16. The van der Waals surface area contributed by atoms with Crippen LogP contribution in [0.4, 0.5) is 0 Å². The molecule has 4 nitrogen and oxygen atoms in total. The van der Waals surface area contributed by atoms with Crippen LogP contribution < -0.4 is 11.3 Å². The fraction of sp³-hybridized carbons (Fsp3) is 0.438. The molecular formula is C16H22N4. The van der Waals surface area contributed by atoms with Crippen LogP contribution in [0.15, 0.2) is 36.4 Å². The molecule has 1 heterocycles. The zero-order chi connectivity index (χ0) is 14.1. The van der Waals surface area contributed by atoms with E-state index in [4.69, 9.17) is 5.84 Å². The zero-order valence-electron chi connectivity index (χ0n) is 12.1. The number of nitrogens with two attached hydrogens (primary N) is 1. The highest BCUT2D eigenvalue weighted by atomic mass is 15.3. The number of benzene rings is 1. The Morgan fingerprint density at radius 1 is 1.40 bits per heavy atom. The van der Waals surface area contributed by atoms with Crippen molar-refractivity contribution in [3.8, 4) is 0 Å². The van der Waals surface area contributed by atoms with Crippen molar-refractivity contribution in [1.82, 2.24) is 15.2 Å². The van der Waals surface area contributed by atoms with Crippen molar-refractivity contribution >= 4 is 0 Å². The number of nitrogens with zero attached hydrogens (tertiary/aromatic N) is 2. The first-order valence-electron chi connectivity index (χ1n) is 7.30. The number of nitrogens with one attached hydrogen (secondary N) is 1. The summed E-state index contributed by atoms with van der Waals surface area (Å²) in [5, 5.41) is 4.53. The van der Waals surface area contributed by atoms with Crippen molar-refractivity contribution in [3.63, 3.8) is 0 Å². The standard InChI is InChI=1S/C16H22N4/c1-3-20-15(9-11(2)19-20)16(18-17)14-10-13(14)12-7-5-4-6-8-12/h4-9,13-14,16,18H,3,10,17H2,1-2H3. The Morgan fingerprint density at radius 2 is 2.15 bits per heavy atom. The van der Waals surface area contributed by atoms with Crippen LogP contribution >= 0.6 is 0 Å². The molecule has 0 bridgehead atoms. The van der Waals surface area contributed by atoms with E-state index >= 15 is 0 Å². The summed E-state index contributed by atoms with van der Waals surface area (Å²) in [7, 11) is 0. The number of rotatable bonds is 5. The maximum Gasteiger partial charge on any atom is 0.0663 e. The number of aromatic nitrogens is 2. The van der Waals surface area contributed by atoms with Crippen molar-refractivity contribution < 1.29 is 0 Å². The number of hydrazine groups is 1. The van der Waals surface area contributed by atoms with Gasteiger partial charge in [0.25, 0.3) is 0 Å². The van der Waals surface area contributed by atoms with Gasteiger partial charge in [-0.2, -0.15) is 5.10 Å². The molecule has 1 saturated carbocycles. The molecule has 3 N–H and O–H groups in total. The van der Waals surface area contributed by atoms with E-state index < -0.39 is 0 Å². The largest absolute Gasteiger partial charge is 0.271 e. The molecule has 1 fully saturated rings. The predicted octanol–water partition coefficient (Wildman–Crippen LogP) is 2.52. The quantitative estimate of drug-likeness (QED) is 0.648. The van der Waals surface area contributed by atoms with Crippen LogP contribution in [0, 0.1) is 12.8 Å². The summed E-state index contributed by atoms with van der Waals surface area (Å²) in [5.74, 6) is 7.00. The SMILES string of the molecule is CCn1nc(C)cc1C(NN)C1CC1c1ccccc1. The van der Waals surface area contributed by atoms with E-state index in [-0.39, 0.29) is 6.04 Å². The molecule has 20 heavy (non-hydrogen) atoms. The van der Waals surface area contributed by atoms with Crippen LogP contribution in [-0.2, 0) is 6.54 Å². The Labute approximate surface area is 120 Å². The summed E-state index contributed by atoms with van der Waals surface area (Å²) in [6, 6.07) is 13.0. The Balaban J connectivity index is 1.82. The van der Waals surface area contributed by atoms with Crippen LogP contribution in [0.1, 0.15) is 42.3 Å². The van der Waals surface area contributed by atoms with Crippen molar-refractivity contribution in [1.29, 1.82) is 0 Å². The Morgan fingerprint density at radius 3 is 2.80 bits per heavy atom. The molecule has 1 aromatic carbocycles. The zero-order valence-corrected chi connectivity index (χ0v) is 12.1. The van der Waals surface area contributed by atoms with Gasteiger partial charge in [-0.3, -0.25) is 16.0 Å². The lowest BCUT2D eigenvalue weighted by Gasteiger charge is -2.17. The van der Waals surface area contributed by atoms with Crippen molar-refractivity contribution in [3.05, 3.63) is 53.3 Å². The minimum atomic E-state index is 0.182. The molecule has 4 heteroatoms. The summed E-state index contributed by atoms with van der Waals surface area (Å²) < 4.78 is 2.06. The van der Waals surface area contributed by atoms with Gasteiger partial charge in [-0.1, -0.05) is 30.3 Å². The van der Waals surface area contributed by atoms with E-state index in [0.29, 0.717) is 11.8 Å². The average molecular weight is 270 g/mol. The van der Waals surface area contributed by atoms with Gasteiger partial charge in [-0.05, 0) is 43.7 Å². The van der Waals surface area contributed by atoms with E-state index in [2.05, 4.69) is 58.5 Å². The van der Waals surface area contributed by atoms with Crippen molar-refractivity contribution in [2.75, 3.05) is 0 Å². The fourth-order valence-electron chi connectivity index (χ4n) is 3.16. The number of hydrogen-bond acceptors (Lipinski definition) is 3. The third-order valence-electron chi connectivity index (χ3n) is 4.23. The summed E-state index contributed by atoms with van der Waals surface area (Å²) in [6.45, 7) is 5.03. The van der Waals surface area contributed by atoms with E-state index in [0.717, 1.165) is 12.2 Å². The van der Waals surface area contributed by atoms with Gasteiger partial charge in [0.05, 0.1) is 17.4 Å². The summed E-state index contributed by atoms with van der Waals surface area (Å²) >= 11 is 0. The van der Waals surface area contributed by atoms with Crippen molar-refractivity contribution in [2.24, 2.45) is 11.8 Å². The van der Waals surface area contributed by atoms with Gasteiger partial charge in [-0.15, -0.1) is 0 Å². The van der Waals surface area contributed by atoms with Gasteiger partial charge in [0.15, 0.2) is 0 Å². The second kappa shape index (κ2) is 5.38. The molecular weight excluding hydrogens is 248 g/mol. The van der Waals surface area contributed by atoms with E-state index in [1.54, 1.807) is 0 Å². The van der Waals surface area contributed by atoms with Crippen molar-refractivity contribution in [2.45, 2.75) is 38.8 Å². The highest BCUT2D eigenvalue weighted by Gasteiger charge is 2.45. The lowest BCUT2D eigenvalue weighted by atomic mass is 10.0. The highest BCUT2D eigenvalue weighted by Crippen LogP contribution is 2.53. The molecule has 3 rings (SSSR count). The monoisotopic (exact) mass is 270 g/mol. The topological polar surface area (TPSA) is 55.9 Å². The molecule has 0 spiro atoms. The van der Waals surface area contributed by atoms with Crippen LogP contribution in [0.3, 0.4) is 0 Å². The maximum absolute atomic E-state index is 5.83. The number of aryl methyl sites for hydroxylation is 2. The minimum Gasteiger partial charge on any atom is -0.271 e. The Bertz CT molecular complexity index is 575. The van der Waals surface area contributed by atoms with Gasteiger partial charge in [0.1, 0.15) is 0 Å². The van der Waals surface area contributed by atoms with Gasteiger partial charge in [0, 0.05) is 6.54 Å². The first-order valence-corrected chi connectivity index (χ1v) is 7.30. The Hall–Kier alpha value is -1.65. The van der Waals surface area contributed by atoms with E-state index in [1.165, 1.54) is 17.7 Å². The van der Waals surface area contributed by atoms with Crippen LogP contribution in [0.25, 0.3) is 0 Å². The molecule has 3 unspecified atom stereocenters. The second-order valence-corrected chi connectivity index (χ2v) is 5.59. The lowest BCUT2D eigenvalue weighted by molar-refractivity contribution is 0.443. The third-order valence-corrected chi connectivity index (χ3v) is 4.23. The maximum atomic E-state index is 5.83. The summed E-state index contributed by atoms with van der Waals surface area (Å²) in [5.41, 5.74) is 6.68. The minimum absolute atomic E-state index is 0.182. The molecule has 3 atom stereocenters. The smallest absolute Gasteiger partial charge is 0.0663 e. The molecule has 1 aromatic heterocycles. The highest BCUT2D eigenvalue weighted by molar-refractivity contribution is 5.29. The molecule has 1 aliphatic carbocycles. The molecule has 0 amide bonds. The van der Waals surface area contributed by atoms with Crippen LogP contribution in [-0.4, -0.2) is 9.78 Å². The molecule has 0 aliphatic heterocycles. The average Bonchev–Trinajstić information content (AvgIpc) is 3.17. The molecule has 0 saturated heterocycles. The Kier molecular flexibility index (Phi) is 3.59. The predicted molar refractivity (Wildman–Crippen MR) is 80.0 cm³/mol. The molecule has 0 radical (unpaired) electrons. The lowest BCUT2D eigenvalue weighted by Crippen LogP contribution is -2.31. The van der Waals surface area contributed by atoms with E-state index in [1.807, 2.05) is 6.92 Å². The van der Waals surface area contributed by atoms with Gasteiger partial charge >= 0.3 is 0 Å². The van der Waals surface area contributed by atoms with Gasteiger partial charge in [0.2, 0.25) is 0 Å². The first kappa shape index (κ1) is 13.3. The molecule has 106 valence electrons. The summed E-state index contributed by atoms with van der Waals surface area (Å²) in [4.78, 5) is 0. The normalized spacial score (nSPS) is 22.8. The van der Waals surface area contributed by atoms with Gasteiger partial charge < -0.3 is 0 Å².